The lowest BCUT2D eigenvalue weighted by Gasteiger charge is -2.23. The average molecular weight is 302 g/mol. The number of methoxy groups -OCH3 is 2. The van der Waals surface area contributed by atoms with Gasteiger partial charge in [0.2, 0.25) is 0 Å². The molecule has 3 atom stereocenters. The molecule has 0 radical (unpaired) electrons. The third-order valence-corrected chi connectivity index (χ3v) is 3.89. The van der Waals surface area contributed by atoms with Gasteiger partial charge in [0.05, 0.1) is 25.3 Å². The minimum absolute atomic E-state index is 0.0868. The number of halogens is 1. The number of benzene rings is 1. The first kappa shape index (κ1) is 17.1. The smallest absolute Gasteiger partial charge is 0.138 e. The maximum Gasteiger partial charge on any atom is 0.138 e. The Morgan fingerprint density at radius 3 is 2.35 bits per heavy atom. The minimum atomic E-state index is -0.540. The van der Waals surface area contributed by atoms with Gasteiger partial charge >= 0.3 is 0 Å². The zero-order valence-electron chi connectivity index (χ0n) is 12.5. The van der Waals surface area contributed by atoms with E-state index in [1.807, 2.05) is 19.9 Å². The maximum absolute atomic E-state index is 10.1. The molecule has 0 fully saturated rings. The molecule has 0 spiro atoms. The lowest BCUT2D eigenvalue weighted by Crippen LogP contribution is -2.34. The van der Waals surface area contributed by atoms with Crippen molar-refractivity contribution in [1.82, 2.24) is 0 Å². The molecular formula is C15H24ClNO3. The summed E-state index contributed by atoms with van der Waals surface area (Å²) in [5, 5.41) is 10.6. The van der Waals surface area contributed by atoms with E-state index in [9.17, 15) is 5.11 Å². The van der Waals surface area contributed by atoms with Gasteiger partial charge in [-0.1, -0.05) is 25.4 Å². The molecule has 3 N–H and O–H groups in total. The molecule has 0 aliphatic rings. The fraction of sp³-hybridized carbons (Fsp3) is 0.600. The minimum Gasteiger partial charge on any atom is -0.496 e. The van der Waals surface area contributed by atoms with Crippen LogP contribution in [-0.2, 0) is 0 Å². The average Bonchev–Trinajstić information content (AvgIpc) is 2.45. The topological polar surface area (TPSA) is 64.7 Å². The Morgan fingerprint density at radius 1 is 1.25 bits per heavy atom. The van der Waals surface area contributed by atoms with E-state index < -0.39 is 6.10 Å². The van der Waals surface area contributed by atoms with Crippen molar-refractivity contribution in [3.8, 4) is 11.5 Å². The summed E-state index contributed by atoms with van der Waals surface area (Å²) in [7, 11) is 3.17. The van der Waals surface area contributed by atoms with Crippen LogP contribution in [0.15, 0.2) is 12.1 Å². The van der Waals surface area contributed by atoms with Crippen LogP contribution in [0.25, 0.3) is 0 Å². The number of aliphatic hydroxyl groups is 1. The van der Waals surface area contributed by atoms with E-state index in [1.165, 1.54) is 0 Å². The van der Waals surface area contributed by atoms with Gasteiger partial charge in [-0.3, -0.25) is 0 Å². The molecule has 0 heterocycles. The zero-order valence-corrected chi connectivity index (χ0v) is 13.3. The number of rotatable bonds is 7. The van der Waals surface area contributed by atoms with Crippen LogP contribution in [0.3, 0.4) is 0 Å². The number of hydrogen-bond acceptors (Lipinski definition) is 4. The van der Waals surface area contributed by atoms with E-state index >= 15 is 0 Å². The molecule has 114 valence electrons. The normalized spacial score (nSPS) is 15.6. The summed E-state index contributed by atoms with van der Waals surface area (Å²) >= 11 is 6.09. The van der Waals surface area contributed by atoms with Crippen LogP contribution in [0.4, 0.5) is 0 Å². The number of nitrogens with two attached hydrogens (primary N) is 1. The van der Waals surface area contributed by atoms with Crippen molar-refractivity contribution >= 4 is 11.6 Å². The Hall–Kier alpha value is -0.970. The Balaban J connectivity index is 2.99. The molecule has 1 aromatic rings. The van der Waals surface area contributed by atoms with Crippen molar-refractivity contribution in [2.75, 3.05) is 14.2 Å². The van der Waals surface area contributed by atoms with Gasteiger partial charge in [-0.25, -0.2) is 0 Å². The lowest BCUT2D eigenvalue weighted by molar-refractivity contribution is 0.126. The first-order chi connectivity index (χ1) is 9.44. The zero-order chi connectivity index (χ0) is 15.3. The van der Waals surface area contributed by atoms with E-state index in [1.54, 1.807) is 20.3 Å². The molecule has 4 nitrogen and oxygen atoms in total. The van der Waals surface area contributed by atoms with E-state index in [0.717, 1.165) is 12.0 Å². The summed E-state index contributed by atoms with van der Waals surface area (Å²) in [5.74, 6) is 1.38. The summed E-state index contributed by atoms with van der Waals surface area (Å²) in [5.41, 5.74) is 6.82. The fourth-order valence-corrected chi connectivity index (χ4v) is 2.44. The van der Waals surface area contributed by atoms with E-state index in [0.29, 0.717) is 22.9 Å². The second-order valence-corrected chi connectivity index (χ2v) is 5.41. The molecule has 1 aromatic carbocycles. The molecule has 0 aliphatic heterocycles. The second-order valence-electron chi connectivity index (χ2n) is 5.00. The predicted molar refractivity (Wildman–Crippen MR) is 81.9 cm³/mol. The van der Waals surface area contributed by atoms with Crippen molar-refractivity contribution in [3.05, 3.63) is 22.7 Å². The predicted octanol–water partition coefficient (Wildman–Crippen LogP) is 2.95. The summed E-state index contributed by atoms with van der Waals surface area (Å²) in [6, 6.07) is 3.38. The Kier molecular flexibility index (Phi) is 6.59. The number of hydrogen-bond donors (Lipinski definition) is 2. The lowest BCUT2D eigenvalue weighted by atomic mass is 9.91. The summed E-state index contributed by atoms with van der Waals surface area (Å²) < 4.78 is 10.6. The van der Waals surface area contributed by atoms with E-state index in [-0.39, 0.29) is 12.0 Å². The van der Waals surface area contributed by atoms with Crippen molar-refractivity contribution in [2.24, 2.45) is 5.73 Å². The molecule has 20 heavy (non-hydrogen) atoms. The van der Waals surface area contributed by atoms with Crippen LogP contribution < -0.4 is 15.2 Å². The molecule has 0 aliphatic carbocycles. The Morgan fingerprint density at radius 2 is 1.85 bits per heavy atom. The van der Waals surface area contributed by atoms with E-state index in [4.69, 9.17) is 26.8 Å². The third kappa shape index (κ3) is 4.01. The monoisotopic (exact) mass is 301 g/mol. The van der Waals surface area contributed by atoms with E-state index in [2.05, 4.69) is 0 Å². The van der Waals surface area contributed by atoms with Crippen LogP contribution in [0.2, 0.25) is 5.02 Å². The Labute approximate surface area is 125 Å². The van der Waals surface area contributed by atoms with Crippen molar-refractivity contribution in [3.63, 3.8) is 0 Å². The molecule has 0 aromatic heterocycles. The molecular weight excluding hydrogens is 278 g/mol. The van der Waals surface area contributed by atoms with Gasteiger partial charge in [0.15, 0.2) is 0 Å². The maximum atomic E-state index is 10.1. The third-order valence-electron chi connectivity index (χ3n) is 3.60. The van der Waals surface area contributed by atoms with Gasteiger partial charge in [0.1, 0.15) is 11.5 Å². The fourth-order valence-electron chi connectivity index (χ4n) is 2.21. The standard InChI is InChI=1S/C15H24ClNO3/c1-5-12(17)13(18)6-9(2)10-7-15(20-4)11(16)8-14(10)19-3/h7-9,12-13,18H,5-6,17H2,1-4H3. The van der Waals surface area contributed by atoms with Gasteiger partial charge in [0.25, 0.3) is 0 Å². The highest BCUT2D eigenvalue weighted by Crippen LogP contribution is 2.37. The van der Waals surface area contributed by atoms with Crippen molar-refractivity contribution in [1.29, 1.82) is 0 Å². The van der Waals surface area contributed by atoms with Crippen LogP contribution >= 0.6 is 11.6 Å². The summed E-state index contributed by atoms with van der Waals surface area (Å²) in [6.07, 6.45) is 0.770. The SMILES string of the molecule is CCC(N)C(O)CC(C)c1cc(OC)c(Cl)cc1OC. The van der Waals surface area contributed by atoms with Crippen LogP contribution in [0.1, 0.15) is 38.2 Å². The molecule has 1 rings (SSSR count). The summed E-state index contributed by atoms with van der Waals surface area (Å²) in [4.78, 5) is 0. The molecule has 5 heteroatoms. The quantitative estimate of drug-likeness (QED) is 0.812. The first-order valence-electron chi connectivity index (χ1n) is 6.79. The highest BCUT2D eigenvalue weighted by atomic mass is 35.5. The molecule has 0 amide bonds. The van der Waals surface area contributed by atoms with Crippen LogP contribution in [0.5, 0.6) is 11.5 Å². The molecule has 0 bridgehead atoms. The number of aliphatic hydroxyl groups excluding tert-OH is 1. The first-order valence-corrected chi connectivity index (χ1v) is 7.17. The van der Waals surface area contributed by atoms with Crippen LogP contribution in [0, 0.1) is 0 Å². The largest absolute Gasteiger partial charge is 0.496 e. The Bertz CT molecular complexity index is 439. The van der Waals surface area contributed by atoms with Gasteiger partial charge in [-0.2, -0.15) is 0 Å². The van der Waals surface area contributed by atoms with Crippen LogP contribution in [-0.4, -0.2) is 31.5 Å². The van der Waals surface area contributed by atoms with Crippen molar-refractivity contribution < 1.29 is 14.6 Å². The molecule has 3 unspecified atom stereocenters. The highest BCUT2D eigenvalue weighted by Gasteiger charge is 2.21. The van der Waals surface area contributed by atoms with Gasteiger partial charge < -0.3 is 20.3 Å². The molecule has 0 saturated heterocycles. The second kappa shape index (κ2) is 7.72. The van der Waals surface area contributed by atoms with Gasteiger partial charge in [0, 0.05) is 17.7 Å². The van der Waals surface area contributed by atoms with Gasteiger partial charge in [-0.05, 0) is 24.8 Å². The summed E-state index contributed by atoms with van der Waals surface area (Å²) in [6.45, 7) is 3.99. The highest BCUT2D eigenvalue weighted by molar-refractivity contribution is 6.32. The molecule has 0 saturated carbocycles. The number of ether oxygens (including phenoxy) is 2. The van der Waals surface area contributed by atoms with Gasteiger partial charge in [-0.15, -0.1) is 0 Å². The van der Waals surface area contributed by atoms with Crippen molar-refractivity contribution in [2.45, 2.75) is 44.8 Å².